The molecule has 1 aromatic rings. The van der Waals surface area contributed by atoms with Gasteiger partial charge in [0.15, 0.2) is 0 Å². The van der Waals surface area contributed by atoms with Gasteiger partial charge in [0.2, 0.25) is 0 Å². The summed E-state index contributed by atoms with van der Waals surface area (Å²) in [6, 6.07) is 5.40. The summed E-state index contributed by atoms with van der Waals surface area (Å²) >= 11 is 1.67. The molecule has 1 rings (SSSR count). The number of urea groups is 1. The van der Waals surface area contributed by atoms with Crippen molar-refractivity contribution in [2.45, 2.75) is 6.42 Å². The first-order valence-electron chi connectivity index (χ1n) is 5.71. The molecule has 0 fully saturated rings. The normalized spacial score (nSPS) is 10.1. The molecule has 1 aromatic carbocycles. The van der Waals surface area contributed by atoms with Crippen LogP contribution in [0.15, 0.2) is 24.3 Å². The Kier molecular flexibility index (Phi) is 7.20. The Bertz CT molecular complexity index is 377. The van der Waals surface area contributed by atoms with Crippen LogP contribution >= 0.6 is 11.8 Å². The highest BCUT2D eigenvalue weighted by Gasteiger charge is 2.01. The molecule has 0 aromatic heterocycles. The molecule has 0 heterocycles. The Morgan fingerprint density at radius 1 is 1.39 bits per heavy atom. The summed E-state index contributed by atoms with van der Waals surface area (Å²) in [5.74, 6) is 1.28. The topological polar surface area (TPSA) is 61.4 Å². The molecule has 0 saturated carbocycles. The molecular weight excluding hydrogens is 255 g/mol. The van der Waals surface area contributed by atoms with E-state index in [-0.39, 0.29) is 18.5 Å². The Labute approximate surface area is 110 Å². The van der Waals surface area contributed by atoms with Crippen LogP contribution in [0.2, 0.25) is 0 Å². The van der Waals surface area contributed by atoms with E-state index >= 15 is 0 Å². The van der Waals surface area contributed by atoms with Crippen molar-refractivity contribution in [1.29, 1.82) is 0 Å². The fourth-order valence-electron chi connectivity index (χ4n) is 1.25. The van der Waals surface area contributed by atoms with Gasteiger partial charge in [-0.15, -0.1) is 0 Å². The van der Waals surface area contributed by atoms with E-state index in [1.165, 1.54) is 18.2 Å². The number of thioether (sulfide) groups is 1. The average molecular weight is 272 g/mol. The Hall–Kier alpha value is -1.27. The van der Waals surface area contributed by atoms with E-state index in [2.05, 4.69) is 10.6 Å². The van der Waals surface area contributed by atoms with E-state index in [9.17, 15) is 9.18 Å². The van der Waals surface area contributed by atoms with Crippen LogP contribution in [0.4, 0.5) is 14.9 Å². The van der Waals surface area contributed by atoms with Crippen molar-refractivity contribution in [3.63, 3.8) is 0 Å². The maximum absolute atomic E-state index is 12.8. The lowest BCUT2D eigenvalue weighted by atomic mass is 10.3. The molecule has 0 aliphatic rings. The first-order valence-corrected chi connectivity index (χ1v) is 6.87. The van der Waals surface area contributed by atoms with Gasteiger partial charge in [0.05, 0.1) is 0 Å². The van der Waals surface area contributed by atoms with Crippen LogP contribution in [0.25, 0.3) is 0 Å². The van der Waals surface area contributed by atoms with Crippen molar-refractivity contribution in [3.05, 3.63) is 30.1 Å². The molecule has 0 atom stereocenters. The predicted molar refractivity (Wildman–Crippen MR) is 72.4 cm³/mol. The van der Waals surface area contributed by atoms with Gasteiger partial charge >= 0.3 is 6.03 Å². The van der Waals surface area contributed by atoms with Crippen LogP contribution in [-0.4, -0.2) is 35.8 Å². The molecular formula is C12H17FN2O2S. The number of halogens is 1. The summed E-state index contributed by atoms with van der Waals surface area (Å²) in [5.41, 5.74) is 0.431. The third kappa shape index (κ3) is 6.46. The molecule has 0 spiro atoms. The monoisotopic (exact) mass is 272 g/mol. The number of amides is 2. The molecule has 0 unspecified atom stereocenters. The summed E-state index contributed by atoms with van der Waals surface area (Å²) in [5, 5.41) is 13.8. The van der Waals surface area contributed by atoms with E-state index < -0.39 is 0 Å². The zero-order chi connectivity index (χ0) is 13.2. The number of benzene rings is 1. The third-order valence-corrected chi connectivity index (χ3v) is 3.13. The minimum absolute atomic E-state index is 0.195. The van der Waals surface area contributed by atoms with Crippen LogP contribution in [0.1, 0.15) is 6.42 Å². The maximum atomic E-state index is 12.8. The predicted octanol–water partition coefficient (Wildman–Crippen LogP) is 2.06. The second kappa shape index (κ2) is 8.77. The quantitative estimate of drug-likeness (QED) is 0.666. The molecule has 3 N–H and O–H groups in total. The van der Waals surface area contributed by atoms with E-state index in [0.29, 0.717) is 12.2 Å². The van der Waals surface area contributed by atoms with Crippen LogP contribution in [0.5, 0.6) is 0 Å². The smallest absolute Gasteiger partial charge is 0.319 e. The van der Waals surface area contributed by atoms with Crippen molar-refractivity contribution in [2.75, 3.05) is 30.0 Å². The van der Waals surface area contributed by atoms with Gasteiger partial charge < -0.3 is 15.7 Å². The fraction of sp³-hybridized carbons (Fsp3) is 0.417. The fourth-order valence-corrected chi connectivity index (χ4v) is 2.03. The Balaban J connectivity index is 2.14. The van der Waals surface area contributed by atoms with Crippen LogP contribution < -0.4 is 10.6 Å². The van der Waals surface area contributed by atoms with Gasteiger partial charge in [0, 0.05) is 24.6 Å². The van der Waals surface area contributed by atoms with E-state index in [1.807, 2.05) is 0 Å². The zero-order valence-corrected chi connectivity index (χ0v) is 10.8. The summed E-state index contributed by atoms with van der Waals surface area (Å²) in [4.78, 5) is 11.4. The van der Waals surface area contributed by atoms with Crippen molar-refractivity contribution < 1.29 is 14.3 Å². The standard InChI is InChI=1S/C12H17FN2O2S/c13-10-3-1-4-11(9-10)15-12(17)14-5-8-18-7-2-6-16/h1,3-4,9,16H,2,5-8H2,(H2,14,15,17). The second-order valence-electron chi connectivity index (χ2n) is 3.58. The second-order valence-corrected chi connectivity index (χ2v) is 4.81. The van der Waals surface area contributed by atoms with E-state index in [4.69, 9.17) is 5.11 Å². The summed E-state index contributed by atoms with van der Waals surface area (Å²) in [6.07, 6.45) is 0.764. The first-order chi connectivity index (χ1) is 8.72. The van der Waals surface area contributed by atoms with E-state index in [1.54, 1.807) is 17.8 Å². The molecule has 4 nitrogen and oxygen atoms in total. The van der Waals surface area contributed by atoms with Gasteiger partial charge in [-0.2, -0.15) is 11.8 Å². The highest BCUT2D eigenvalue weighted by atomic mass is 32.2. The van der Waals surface area contributed by atoms with Crippen LogP contribution in [0.3, 0.4) is 0 Å². The van der Waals surface area contributed by atoms with E-state index in [0.717, 1.165) is 17.9 Å². The average Bonchev–Trinajstić information content (AvgIpc) is 2.33. The van der Waals surface area contributed by atoms with Gasteiger partial charge in [0.1, 0.15) is 5.82 Å². The highest BCUT2D eigenvalue weighted by Crippen LogP contribution is 2.08. The van der Waals surface area contributed by atoms with Gasteiger partial charge in [0.25, 0.3) is 0 Å². The largest absolute Gasteiger partial charge is 0.396 e. The van der Waals surface area contributed by atoms with Gasteiger partial charge in [-0.1, -0.05) is 6.07 Å². The molecule has 18 heavy (non-hydrogen) atoms. The molecule has 2 amide bonds. The molecule has 0 radical (unpaired) electrons. The minimum Gasteiger partial charge on any atom is -0.396 e. The summed E-state index contributed by atoms with van der Waals surface area (Å²) < 4.78 is 12.8. The molecule has 100 valence electrons. The molecule has 0 aliphatic carbocycles. The highest BCUT2D eigenvalue weighted by molar-refractivity contribution is 7.99. The van der Waals surface area contributed by atoms with Gasteiger partial charge in [-0.25, -0.2) is 9.18 Å². The van der Waals surface area contributed by atoms with Crippen molar-refractivity contribution in [1.82, 2.24) is 5.32 Å². The Morgan fingerprint density at radius 2 is 2.22 bits per heavy atom. The lowest BCUT2D eigenvalue weighted by Crippen LogP contribution is -2.30. The summed E-state index contributed by atoms with van der Waals surface area (Å²) in [6.45, 7) is 0.734. The maximum Gasteiger partial charge on any atom is 0.319 e. The first kappa shape index (κ1) is 14.8. The molecule has 0 bridgehead atoms. The number of nitrogens with one attached hydrogen (secondary N) is 2. The SMILES string of the molecule is O=C(NCCSCCCO)Nc1cccc(F)c1. The molecule has 6 heteroatoms. The Morgan fingerprint density at radius 3 is 2.94 bits per heavy atom. The summed E-state index contributed by atoms with van der Waals surface area (Å²) in [7, 11) is 0. The third-order valence-electron chi connectivity index (χ3n) is 2.06. The van der Waals surface area contributed by atoms with Crippen LogP contribution in [-0.2, 0) is 0 Å². The lowest BCUT2D eigenvalue weighted by molar-refractivity contribution is 0.252. The molecule has 0 saturated heterocycles. The van der Waals surface area contributed by atoms with Crippen molar-refractivity contribution in [2.24, 2.45) is 0 Å². The minimum atomic E-state index is -0.382. The van der Waals surface area contributed by atoms with Crippen molar-refractivity contribution in [3.8, 4) is 0 Å². The van der Waals surface area contributed by atoms with Crippen LogP contribution in [0, 0.1) is 5.82 Å². The number of rotatable bonds is 7. The lowest BCUT2D eigenvalue weighted by Gasteiger charge is -2.07. The molecule has 0 aliphatic heterocycles. The van der Waals surface area contributed by atoms with Gasteiger partial charge in [-0.05, 0) is 30.4 Å². The zero-order valence-electron chi connectivity index (χ0n) is 9.99. The number of aliphatic hydroxyl groups excluding tert-OH is 1. The van der Waals surface area contributed by atoms with Crippen molar-refractivity contribution >= 4 is 23.5 Å². The number of anilines is 1. The van der Waals surface area contributed by atoms with Gasteiger partial charge in [-0.3, -0.25) is 0 Å². The number of carbonyl (C=O) groups is 1. The number of hydrogen-bond donors (Lipinski definition) is 3. The number of carbonyl (C=O) groups excluding carboxylic acids is 1. The number of aliphatic hydroxyl groups is 1. The number of hydrogen-bond acceptors (Lipinski definition) is 3.